The molecule has 6 heteroatoms. The Kier molecular flexibility index (Phi) is 6.33. The van der Waals surface area contributed by atoms with Gasteiger partial charge in [0.05, 0.1) is 0 Å². The molecule has 1 atom stereocenters. The summed E-state index contributed by atoms with van der Waals surface area (Å²) < 4.78 is 0. The zero-order valence-corrected chi connectivity index (χ0v) is 17.4. The van der Waals surface area contributed by atoms with Crippen LogP contribution >= 0.6 is 0 Å². The molecule has 3 rings (SSSR count). The van der Waals surface area contributed by atoms with Crippen LogP contribution < -0.4 is 5.73 Å². The summed E-state index contributed by atoms with van der Waals surface area (Å²) in [6.45, 7) is 4.97. The van der Waals surface area contributed by atoms with Crippen molar-refractivity contribution in [1.82, 2.24) is 9.80 Å². The van der Waals surface area contributed by atoms with Crippen molar-refractivity contribution in [3.63, 3.8) is 0 Å². The Morgan fingerprint density at radius 1 is 1.07 bits per heavy atom. The molecule has 0 radical (unpaired) electrons. The van der Waals surface area contributed by atoms with Gasteiger partial charge in [0.1, 0.15) is 0 Å². The lowest BCUT2D eigenvalue weighted by Gasteiger charge is -2.27. The maximum atomic E-state index is 12.9. The van der Waals surface area contributed by atoms with Crippen molar-refractivity contribution in [2.45, 2.75) is 39.2 Å². The van der Waals surface area contributed by atoms with Crippen molar-refractivity contribution in [3.8, 4) is 0 Å². The van der Waals surface area contributed by atoms with E-state index in [1.807, 2.05) is 24.3 Å². The normalized spacial score (nSPS) is 14.6. The fraction of sp³-hybridized carbons (Fsp3) is 0.435. The maximum Gasteiger partial charge on any atom is 0.261 e. The highest BCUT2D eigenvalue weighted by Crippen LogP contribution is 2.30. The van der Waals surface area contributed by atoms with Crippen molar-refractivity contribution in [2.24, 2.45) is 11.7 Å². The van der Waals surface area contributed by atoms with Gasteiger partial charge < -0.3 is 10.6 Å². The molecule has 3 amide bonds. The Labute approximate surface area is 171 Å². The van der Waals surface area contributed by atoms with Crippen LogP contribution in [0, 0.1) is 5.92 Å². The van der Waals surface area contributed by atoms with Gasteiger partial charge in [-0.15, -0.1) is 0 Å². The molecular weight excluding hydrogens is 366 g/mol. The number of nitrogens with two attached hydrogens (primary N) is 1. The number of benzene rings is 2. The summed E-state index contributed by atoms with van der Waals surface area (Å²) in [5.41, 5.74) is 7.13. The van der Waals surface area contributed by atoms with Gasteiger partial charge in [-0.1, -0.05) is 38.1 Å². The summed E-state index contributed by atoms with van der Waals surface area (Å²) in [6, 6.07) is 11.0. The minimum absolute atomic E-state index is 0.000338. The van der Waals surface area contributed by atoms with E-state index < -0.39 is 0 Å². The number of nitrogens with zero attached hydrogens (tertiary/aromatic N) is 2. The molecule has 0 aliphatic carbocycles. The molecule has 0 fully saturated rings. The molecule has 0 spiro atoms. The maximum absolute atomic E-state index is 12.9. The largest absolute Gasteiger partial charge is 0.346 e. The predicted molar refractivity (Wildman–Crippen MR) is 114 cm³/mol. The van der Waals surface area contributed by atoms with Crippen LogP contribution in [0.2, 0.25) is 0 Å². The molecule has 1 unspecified atom stereocenters. The Bertz CT molecular complexity index is 887. The Balaban J connectivity index is 1.60. The number of carbonyl (C=O) groups is 3. The summed E-state index contributed by atoms with van der Waals surface area (Å²) >= 11 is 0. The van der Waals surface area contributed by atoms with Crippen LogP contribution in [0.3, 0.4) is 0 Å². The van der Waals surface area contributed by atoms with Gasteiger partial charge in [-0.2, -0.15) is 0 Å². The lowest BCUT2D eigenvalue weighted by Crippen LogP contribution is -2.41. The third kappa shape index (κ3) is 4.32. The highest BCUT2D eigenvalue weighted by atomic mass is 16.2. The van der Waals surface area contributed by atoms with E-state index in [0.717, 1.165) is 17.2 Å². The molecular formula is C23H29N3O3. The first-order chi connectivity index (χ1) is 13.8. The third-order valence-corrected chi connectivity index (χ3v) is 5.71. The summed E-state index contributed by atoms with van der Waals surface area (Å²) in [5, 5.41) is 1.61. The van der Waals surface area contributed by atoms with Crippen molar-refractivity contribution in [2.75, 3.05) is 20.1 Å². The van der Waals surface area contributed by atoms with E-state index in [0.29, 0.717) is 30.0 Å². The zero-order chi connectivity index (χ0) is 21.1. The SMILES string of the molecule is CC(C)C(N)CCN(C)C(=O)CCCN1C(=O)c2cccc3cccc(c23)C1=O. The molecule has 2 N–H and O–H groups in total. The van der Waals surface area contributed by atoms with Gasteiger partial charge in [-0.3, -0.25) is 19.3 Å². The van der Waals surface area contributed by atoms with E-state index in [9.17, 15) is 14.4 Å². The Morgan fingerprint density at radius 3 is 2.21 bits per heavy atom. The number of hydrogen-bond donors (Lipinski definition) is 1. The summed E-state index contributed by atoms with van der Waals surface area (Å²) in [4.78, 5) is 41.0. The lowest BCUT2D eigenvalue weighted by molar-refractivity contribution is -0.130. The van der Waals surface area contributed by atoms with Gasteiger partial charge >= 0.3 is 0 Å². The fourth-order valence-electron chi connectivity index (χ4n) is 3.66. The van der Waals surface area contributed by atoms with Gasteiger partial charge in [0.2, 0.25) is 5.91 Å². The number of carbonyl (C=O) groups excluding carboxylic acids is 3. The summed E-state index contributed by atoms with van der Waals surface area (Å²) in [5.74, 6) is -0.201. The smallest absolute Gasteiger partial charge is 0.261 e. The monoisotopic (exact) mass is 395 g/mol. The first-order valence-corrected chi connectivity index (χ1v) is 10.2. The van der Waals surface area contributed by atoms with Gasteiger partial charge in [0, 0.05) is 49.1 Å². The van der Waals surface area contributed by atoms with E-state index in [4.69, 9.17) is 5.73 Å². The van der Waals surface area contributed by atoms with Gasteiger partial charge in [0.25, 0.3) is 11.8 Å². The molecule has 2 aromatic carbocycles. The zero-order valence-electron chi connectivity index (χ0n) is 17.4. The van der Waals surface area contributed by atoms with Crippen LogP contribution in [0.4, 0.5) is 0 Å². The van der Waals surface area contributed by atoms with Crippen molar-refractivity contribution in [1.29, 1.82) is 0 Å². The molecule has 154 valence electrons. The van der Waals surface area contributed by atoms with E-state index in [1.54, 1.807) is 24.1 Å². The minimum atomic E-state index is -0.289. The second-order valence-corrected chi connectivity index (χ2v) is 8.09. The third-order valence-electron chi connectivity index (χ3n) is 5.71. The van der Waals surface area contributed by atoms with E-state index in [-0.39, 0.29) is 36.7 Å². The second-order valence-electron chi connectivity index (χ2n) is 8.09. The quantitative estimate of drug-likeness (QED) is 0.697. The van der Waals surface area contributed by atoms with Crippen LogP contribution in [0.25, 0.3) is 10.8 Å². The Morgan fingerprint density at radius 2 is 1.66 bits per heavy atom. The highest BCUT2D eigenvalue weighted by Gasteiger charge is 2.32. The van der Waals surface area contributed by atoms with E-state index in [2.05, 4.69) is 13.8 Å². The first kappa shape index (κ1) is 21.0. The molecule has 0 bridgehead atoms. The van der Waals surface area contributed by atoms with E-state index >= 15 is 0 Å². The molecule has 0 saturated heterocycles. The van der Waals surface area contributed by atoms with Crippen LogP contribution in [0.1, 0.15) is 53.8 Å². The van der Waals surface area contributed by atoms with Crippen molar-refractivity contribution in [3.05, 3.63) is 47.5 Å². The van der Waals surface area contributed by atoms with Gasteiger partial charge in [-0.25, -0.2) is 0 Å². The van der Waals surface area contributed by atoms with Gasteiger partial charge in [-0.05, 0) is 36.3 Å². The average Bonchev–Trinajstić information content (AvgIpc) is 2.71. The fourth-order valence-corrected chi connectivity index (χ4v) is 3.66. The summed E-state index contributed by atoms with van der Waals surface area (Å²) in [7, 11) is 1.77. The Hall–Kier alpha value is -2.73. The van der Waals surface area contributed by atoms with Crippen molar-refractivity contribution >= 4 is 28.5 Å². The number of hydrogen-bond acceptors (Lipinski definition) is 4. The van der Waals surface area contributed by atoms with Crippen LogP contribution in [0.15, 0.2) is 36.4 Å². The standard InChI is InChI=1S/C23H29N3O3/c1-15(2)19(24)12-14-25(3)20(27)11-6-13-26-22(28)17-9-4-7-16-8-5-10-18(21(16)17)23(26)29/h4-5,7-10,15,19H,6,11-14,24H2,1-3H3. The molecule has 1 aliphatic rings. The molecule has 29 heavy (non-hydrogen) atoms. The van der Waals surface area contributed by atoms with Crippen LogP contribution in [0.5, 0.6) is 0 Å². The van der Waals surface area contributed by atoms with E-state index in [1.165, 1.54) is 4.90 Å². The summed E-state index contributed by atoms with van der Waals surface area (Å²) in [6.07, 6.45) is 1.48. The van der Waals surface area contributed by atoms with Gasteiger partial charge in [0.15, 0.2) is 0 Å². The molecule has 6 nitrogen and oxygen atoms in total. The molecule has 1 aliphatic heterocycles. The molecule has 0 aromatic heterocycles. The molecule has 2 aromatic rings. The first-order valence-electron chi connectivity index (χ1n) is 10.2. The number of rotatable bonds is 8. The number of imide groups is 1. The van der Waals surface area contributed by atoms with Crippen LogP contribution in [-0.4, -0.2) is 53.7 Å². The number of amides is 3. The average molecular weight is 396 g/mol. The predicted octanol–water partition coefficient (Wildman–Crippen LogP) is 3.05. The van der Waals surface area contributed by atoms with Crippen molar-refractivity contribution < 1.29 is 14.4 Å². The topological polar surface area (TPSA) is 83.7 Å². The lowest BCUT2D eigenvalue weighted by atomic mass is 9.94. The molecule has 1 heterocycles. The minimum Gasteiger partial charge on any atom is -0.346 e. The molecule has 0 saturated carbocycles. The van der Waals surface area contributed by atoms with Crippen LogP contribution in [-0.2, 0) is 4.79 Å². The highest BCUT2D eigenvalue weighted by molar-refractivity contribution is 6.25. The second kappa shape index (κ2) is 8.74.